The van der Waals surface area contributed by atoms with Crippen molar-refractivity contribution < 1.29 is 14.0 Å². The van der Waals surface area contributed by atoms with E-state index < -0.39 is 0 Å². The molecular formula is C31H28FN3O2. The first-order valence-electron chi connectivity index (χ1n) is 12.9. The summed E-state index contributed by atoms with van der Waals surface area (Å²) >= 11 is 0. The Hall–Kier alpha value is -4.06. The number of hydrogen-bond acceptors (Lipinski definition) is 3. The van der Waals surface area contributed by atoms with Crippen LogP contribution in [0, 0.1) is 11.7 Å². The number of nitrogens with one attached hydrogen (secondary N) is 1. The number of amides is 2. The molecule has 2 fully saturated rings. The quantitative estimate of drug-likeness (QED) is 0.341. The maximum Gasteiger partial charge on any atom is 0.252 e. The molecule has 186 valence electrons. The van der Waals surface area contributed by atoms with Crippen LogP contribution in [0.3, 0.4) is 0 Å². The Morgan fingerprint density at radius 2 is 1.81 bits per heavy atom. The van der Waals surface area contributed by atoms with Gasteiger partial charge in [-0.1, -0.05) is 60.7 Å². The number of carbonyl (C=O) groups excluding carboxylic acids is 2. The summed E-state index contributed by atoms with van der Waals surface area (Å²) < 4.78 is 14.3. The first-order valence-corrected chi connectivity index (χ1v) is 12.9. The number of carbonyl (C=O) groups is 2. The number of aromatic nitrogens is 1. The molecule has 2 aliphatic rings. The summed E-state index contributed by atoms with van der Waals surface area (Å²) in [5.74, 6) is -0.117. The van der Waals surface area contributed by atoms with Crippen LogP contribution < -0.4 is 5.32 Å². The minimum Gasteiger partial charge on any atom is -0.345 e. The highest BCUT2D eigenvalue weighted by Gasteiger charge is 2.35. The van der Waals surface area contributed by atoms with E-state index in [0.717, 1.165) is 30.2 Å². The lowest BCUT2D eigenvalue weighted by atomic mass is 9.94. The van der Waals surface area contributed by atoms with Gasteiger partial charge in [-0.15, -0.1) is 0 Å². The van der Waals surface area contributed by atoms with Crippen LogP contribution >= 0.6 is 0 Å². The molecule has 6 heteroatoms. The molecule has 6 rings (SSSR count). The molecule has 1 aromatic heterocycles. The maximum absolute atomic E-state index is 14.3. The van der Waals surface area contributed by atoms with Gasteiger partial charge < -0.3 is 10.2 Å². The molecule has 1 saturated carbocycles. The van der Waals surface area contributed by atoms with E-state index in [1.54, 1.807) is 17.0 Å². The lowest BCUT2D eigenvalue weighted by Crippen LogP contribution is -2.32. The van der Waals surface area contributed by atoms with E-state index in [9.17, 15) is 14.0 Å². The van der Waals surface area contributed by atoms with Crippen molar-refractivity contribution in [3.8, 4) is 11.3 Å². The van der Waals surface area contributed by atoms with Gasteiger partial charge in [-0.25, -0.2) is 9.37 Å². The van der Waals surface area contributed by atoms with Crippen LogP contribution in [0.1, 0.15) is 53.2 Å². The van der Waals surface area contributed by atoms with Crippen molar-refractivity contribution in [3.63, 3.8) is 0 Å². The summed E-state index contributed by atoms with van der Waals surface area (Å²) in [5, 5.41) is 4.05. The molecule has 2 amide bonds. The van der Waals surface area contributed by atoms with Crippen molar-refractivity contribution in [1.29, 1.82) is 0 Å². The Bertz CT molecular complexity index is 1480. The maximum atomic E-state index is 14.3. The number of para-hydroxylation sites is 1. The van der Waals surface area contributed by atoms with Crippen molar-refractivity contribution in [3.05, 3.63) is 101 Å². The molecule has 0 bridgehead atoms. The molecule has 5 nitrogen and oxygen atoms in total. The molecule has 0 unspecified atom stereocenters. The third-order valence-electron chi connectivity index (χ3n) is 7.38. The van der Waals surface area contributed by atoms with Gasteiger partial charge >= 0.3 is 0 Å². The number of rotatable bonds is 7. The third-order valence-corrected chi connectivity index (χ3v) is 7.38. The van der Waals surface area contributed by atoms with Gasteiger partial charge in [0.05, 0.1) is 22.8 Å². The second-order valence-electron chi connectivity index (χ2n) is 9.96. The molecular weight excluding hydrogens is 465 g/mol. The Labute approximate surface area is 215 Å². The fourth-order valence-corrected chi connectivity index (χ4v) is 5.38. The minimum atomic E-state index is -0.375. The van der Waals surface area contributed by atoms with Crippen molar-refractivity contribution >= 4 is 22.7 Å². The van der Waals surface area contributed by atoms with E-state index >= 15 is 0 Å². The normalized spacial score (nSPS) is 16.2. The van der Waals surface area contributed by atoms with Gasteiger partial charge in [0.15, 0.2) is 0 Å². The first-order chi connectivity index (χ1) is 18.1. The third kappa shape index (κ3) is 4.71. The zero-order valence-electron chi connectivity index (χ0n) is 20.5. The number of benzene rings is 3. The molecule has 2 heterocycles. The second-order valence-corrected chi connectivity index (χ2v) is 9.96. The van der Waals surface area contributed by atoms with Gasteiger partial charge in [0.25, 0.3) is 5.91 Å². The summed E-state index contributed by atoms with van der Waals surface area (Å²) in [6, 6.07) is 23.8. The Morgan fingerprint density at radius 1 is 1.03 bits per heavy atom. The molecule has 1 saturated heterocycles. The van der Waals surface area contributed by atoms with Crippen LogP contribution in [0.25, 0.3) is 22.2 Å². The predicted molar refractivity (Wildman–Crippen MR) is 141 cm³/mol. The van der Waals surface area contributed by atoms with E-state index in [4.69, 9.17) is 4.98 Å². The molecule has 37 heavy (non-hydrogen) atoms. The molecule has 1 aliphatic heterocycles. The summed E-state index contributed by atoms with van der Waals surface area (Å²) in [7, 11) is 0. The van der Waals surface area contributed by atoms with Crippen molar-refractivity contribution in [2.45, 2.75) is 38.3 Å². The zero-order valence-corrected chi connectivity index (χ0v) is 20.5. The number of fused-ring (bicyclic) bond motifs is 1. The molecule has 1 aliphatic carbocycles. The van der Waals surface area contributed by atoms with Crippen molar-refractivity contribution in [2.24, 2.45) is 5.92 Å². The smallest absolute Gasteiger partial charge is 0.252 e. The van der Waals surface area contributed by atoms with E-state index in [-0.39, 0.29) is 30.2 Å². The van der Waals surface area contributed by atoms with Gasteiger partial charge in [0.1, 0.15) is 5.82 Å². The molecule has 4 aromatic rings. The van der Waals surface area contributed by atoms with Gasteiger partial charge in [-0.2, -0.15) is 0 Å². The monoisotopic (exact) mass is 493 g/mol. The minimum absolute atomic E-state index is 0.0600. The zero-order chi connectivity index (χ0) is 25.4. The molecule has 1 N–H and O–H groups in total. The number of likely N-dealkylation sites (tertiary alicyclic amines) is 1. The summed E-state index contributed by atoms with van der Waals surface area (Å²) in [5.41, 5.74) is 4.02. The summed E-state index contributed by atoms with van der Waals surface area (Å²) in [6.45, 7) is 0.884. The topological polar surface area (TPSA) is 62.3 Å². The highest BCUT2D eigenvalue weighted by molar-refractivity contribution is 6.09. The molecule has 0 spiro atoms. The highest BCUT2D eigenvalue weighted by Crippen LogP contribution is 2.41. The number of pyridine rings is 1. The Balaban J connectivity index is 1.52. The number of halogens is 1. The first kappa shape index (κ1) is 23.3. The standard InChI is InChI=1S/C31H28FN3O2/c32-23-11-6-10-22(18-23)30-25(19-35-17-7-14-27(35)36)28(24-12-4-5-13-26(24)33-30)31(37)34-29(21-15-16-21)20-8-2-1-3-9-20/h1-6,8-13,18,21,29H,7,14-17,19H2,(H,34,37)/t29-/m1/s1. The van der Waals surface area contributed by atoms with E-state index in [2.05, 4.69) is 17.4 Å². The van der Waals surface area contributed by atoms with Crippen LogP contribution in [0.5, 0.6) is 0 Å². The van der Waals surface area contributed by atoms with Crippen LogP contribution in [0.4, 0.5) is 4.39 Å². The van der Waals surface area contributed by atoms with Crippen molar-refractivity contribution in [2.75, 3.05) is 6.54 Å². The largest absolute Gasteiger partial charge is 0.345 e. The highest BCUT2D eigenvalue weighted by atomic mass is 19.1. The Morgan fingerprint density at radius 3 is 2.54 bits per heavy atom. The molecule has 3 aromatic carbocycles. The van der Waals surface area contributed by atoms with Crippen LogP contribution in [0.15, 0.2) is 78.9 Å². The van der Waals surface area contributed by atoms with E-state index in [0.29, 0.717) is 46.8 Å². The van der Waals surface area contributed by atoms with Crippen LogP contribution in [-0.2, 0) is 11.3 Å². The average molecular weight is 494 g/mol. The number of nitrogens with zero attached hydrogens (tertiary/aromatic N) is 2. The summed E-state index contributed by atoms with van der Waals surface area (Å²) in [6.07, 6.45) is 3.42. The average Bonchev–Trinajstić information content (AvgIpc) is 3.68. The lowest BCUT2D eigenvalue weighted by molar-refractivity contribution is -0.128. The fourth-order valence-electron chi connectivity index (χ4n) is 5.38. The molecule has 1 atom stereocenters. The van der Waals surface area contributed by atoms with Crippen molar-refractivity contribution in [1.82, 2.24) is 15.2 Å². The van der Waals surface area contributed by atoms with E-state index in [1.165, 1.54) is 12.1 Å². The lowest BCUT2D eigenvalue weighted by Gasteiger charge is -2.24. The summed E-state index contributed by atoms with van der Waals surface area (Å²) in [4.78, 5) is 33.5. The predicted octanol–water partition coefficient (Wildman–Crippen LogP) is 6.04. The van der Waals surface area contributed by atoms with Crippen LogP contribution in [-0.4, -0.2) is 28.2 Å². The fraction of sp³-hybridized carbons (Fsp3) is 0.258. The molecule has 0 radical (unpaired) electrons. The van der Waals surface area contributed by atoms with E-state index in [1.807, 2.05) is 42.5 Å². The van der Waals surface area contributed by atoms with Crippen LogP contribution in [0.2, 0.25) is 0 Å². The van der Waals surface area contributed by atoms with Gasteiger partial charge in [-0.05, 0) is 48.9 Å². The van der Waals surface area contributed by atoms with Gasteiger partial charge in [0, 0.05) is 36.0 Å². The number of hydrogen-bond donors (Lipinski definition) is 1. The van der Waals surface area contributed by atoms with Gasteiger partial charge in [0.2, 0.25) is 5.91 Å². The SMILES string of the molecule is O=C(N[C@H](c1ccccc1)C1CC1)c1c(CN2CCCC2=O)c(-c2cccc(F)c2)nc2ccccc12. The second kappa shape index (κ2) is 9.77. The Kier molecular flexibility index (Phi) is 6.16. The van der Waals surface area contributed by atoms with Gasteiger partial charge in [-0.3, -0.25) is 9.59 Å².